The zero-order chi connectivity index (χ0) is 25.0. The maximum absolute atomic E-state index is 13.5. The first kappa shape index (κ1) is 26.8. The first-order chi connectivity index (χ1) is 17.0. The number of rotatable bonds is 12. The summed E-state index contributed by atoms with van der Waals surface area (Å²) >= 11 is 9.46. The van der Waals surface area contributed by atoms with Crippen LogP contribution in [0.5, 0.6) is 5.75 Å². The highest BCUT2D eigenvalue weighted by molar-refractivity contribution is 9.10. The molecule has 0 fully saturated rings. The maximum atomic E-state index is 13.5. The average molecular weight is 558 g/mol. The number of halogens is 2. The van der Waals surface area contributed by atoms with E-state index < -0.39 is 6.04 Å². The third kappa shape index (κ3) is 8.71. The van der Waals surface area contributed by atoms with Crippen LogP contribution in [0, 0.1) is 0 Å². The predicted octanol–water partition coefficient (Wildman–Crippen LogP) is 6.04. The van der Waals surface area contributed by atoms with Gasteiger partial charge < -0.3 is 15.0 Å². The second kappa shape index (κ2) is 13.9. The van der Waals surface area contributed by atoms with Crippen molar-refractivity contribution < 1.29 is 14.3 Å². The molecule has 3 aromatic rings. The Morgan fingerprint density at radius 2 is 1.66 bits per heavy atom. The number of hydrogen-bond donors (Lipinski definition) is 1. The smallest absolute Gasteiger partial charge is 0.261 e. The van der Waals surface area contributed by atoms with Gasteiger partial charge in [0, 0.05) is 29.0 Å². The molecule has 0 aliphatic rings. The number of ether oxygens (including phenoxy) is 1. The summed E-state index contributed by atoms with van der Waals surface area (Å²) in [4.78, 5) is 28.5. The molecule has 3 aromatic carbocycles. The number of amides is 2. The first-order valence-corrected chi connectivity index (χ1v) is 12.9. The number of unbranched alkanes of at least 4 members (excludes halogenated alkanes) is 1. The molecule has 3 rings (SSSR count). The summed E-state index contributed by atoms with van der Waals surface area (Å²) < 4.78 is 6.70. The lowest BCUT2D eigenvalue weighted by Crippen LogP contribution is -2.51. The van der Waals surface area contributed by atoms with Gasteiger partial charge in [0.25, 0.3) is 5.91 Å². The van der Waals surface area contributed by atoms with Gasteiger partial charge in [-0.25, -0.2) is 0 Å². The third-order valence-electron chi connectivity index (χ3n) is 5.54. The van der Waals surface area contributed by atoms with Crippen molar-refractivity contribution in [1.82, 2.24) is 10.2 Å². The lowest BCUT2D eigenvalue weighted by atomic mass is 10.0. The van der Waals surface area contributed by atoms with Gasteiger partial charge in [0.1, 0.15) is 11.8 Å². The Morgan fingerprint density at radius 1 is 0.971 bits per heavy atom. The van der Waals surface area contributed by atoms with Crippen LogP contribution in [0.1, 0.15) is 30.9 Å². The number of carbonyl (C=O) groups is 2. The molecule has 7 heteroatoms. The lowest BCUT2D eigenvalue weighted by Gasteiger charge is -2.31. The highest BCUT2D eigenvalue weighted by atomic mass is 79.9. The van der Waals surface area contributed by atoms with E-state index in [0.29, 0.717) is 23.7 Å². The van der Waals surface area contributed by atoms with E-state index in [9.17, 15) is 9.59 Å². The van der Waals surface area contributed by atoms with E-state index in [1.54, 1.807) is 29.2 Å². The fourth-order valence-corrected chi connectivity index (χ4v) is 4.00. The van der Waals surface area contributed by atoms with Gasteiger partial charge in [-0.15, -0.1) is 0 Å². The Bertz CT molecular complexity index is 1080. The van der Waals surface area contributed by atoms with Crippen LogP contribution in [0.15, 0.2) is 83.3 Å². The minimum absolute atomic E-state index is 0.173. The Balaban J connectivity index is 1.86. The molecule has 0 spiro atoms. The SMILES string of the molecule is CCCCNC(=O)[C@@H](Cc1ccccc1)N(Cc1ccc(Cl)cc1)C(=O)COc1ccc(Br)cc1. The molecule has 0 heterocycles. The fourth-order valence-electron chi connectivity index (χ4n) is 3.61. The van der Waals surface area contributed by atoms with Gasteiger partial charge in [0.2, 0.25) is 5.91 Å². The highest BCUT2D eigenvalue weighted by Crippen LogP contribution is 2.19. The summed E-state index contributed by atoms with van der Waals surface area (Å²) in [6, 6.07) is 23.6. The monoisotopic (exact) mass is 556 g/mol. The van der Waals surface area contributed by atoms with Crippen molar-refractivity contribution in [1.29, 1.82) is 0 Å². The summed E-state index contributed by atoms with van der Waals surface area (Å²) in [5.41, 5.74) is 1.86. The first-order valence-electron chi connectivity index (χ1n) is 11.7. The summed E-state index contributed by atoms with van der Waals surface area (Å²) in [6.07, 6.45) is 2.25. The van der Waals surface area contributed by atoms with Crippen molar-refractivity contribution in [2.45, 2.75) is 38.8 Å². The topological polar surface area (TPSA) is 58.6 Å². The second-order valence-electron chi connectivity index (χ2n) is 8.24. The van der Waals surface area contributed by atoms with Gasteiger partial charge in [0.05, 0.1) is 0 Å². The fraction of sp³-hybridized carbons (Fsp3) is 0.286. The van der Waals surface area contributed by atoms with E-state index in [4.69, 9.17) is 16.3 Å². The molecular formula is C28H30BrClN2O3. The van der Waals surface area contributed by atoms with E-state index in [1.807, 2.05) is 54.6 Å². The van der Waals surface area contributed by atoms with E-state index in [1.165, 1.54) is 0 Å². The van der Waals surface area contributed by atoms with Crippen LogP contribution in [-0.2, 0) is 22.6 Å². The van der Waals surface area contributed by atoms with Gasteiger partial charge in [-0.3, -0.25) is 9.59 Å². The molecule has 5 nitrogen and oxygen atoms in total. The quantitative estimate of drug-likeness (QED) is 0.276. The van der Waals surface area contributed by atoms with Crippen LogP contribution in [-0.4, -0.2) is 35.9 Å². The van der Waals surface area contributed by atoms with Crippen molar-refractivity contribution in [2.75, 3.05) is 13.2 Å². The molecule has 0 unspecified atom stereocenters. The van der Waals surface area contributed by atoms with Gasteiger partial charge in [-0.05, 0) is 53.9 Å². The van der Waals surface area contributed by atoms with Crippen LogP contribution in [0.25, 0.3) is 0 Å². The maximum Gasteiger partial charge on any atom is 0.261 e. The van der Waals surface area contributed by atoms with E-state index in [0.717, 1.165) is 28.4 Å². The Hall–Kier alpha value is -2.83. The highest BCUT2D eigenvalue weighted by Gasteiger charge is 2.30. The molecule has 0 bridgehead atoms. The second-order valence-corrected chi connectivity index (χ2v) is 9.59. The minimum Gasteiger partial charge on any atom is -0.484 e. The number of nitrogens with zero attached hydrogens (tertiary/aromatic N) is 1. The Morgan fingerprint density at radius 3 is 2.31 bits per heavy atom. The number of carbonyl (C=O) groups excluding carboxylic acids is 2. The Labute approximate surface area is 220 Å². The molecule has 0 aliphatic heterocycles. The van der Waals surface area contributed by atoms with Crippen molar-refractivity contribution >= 4 is 39.3 Å². The number of nitrogens with one attached hydrogen (secondary N) is 1. The molecule has 0 saturated carbocycles. The molecule has 184 valence electrons. The van der Waals surface area contributed by atoms with Gasteiger partial charge >= 0.3 is 0 Å². The van der Waals surface area contributed by atoms with Gasteiger partial charge in [-0.2, -0.15) is 0 Å². The molecule has 2 amide bonds. The average Bonchev–Trinajstić information content (AvgIpc) is 2.87. The standard InChI is InChI=1S/C28H30BrClN2O3/c1-2-3-17-31-28(34)26(18-21-7-5-4-6-8-21)32(19-22-9-13-24(30)14-10-22)27(33)20-35-25-15-11-23(29)12-16-25/h4-16,26H,2-3,17-20H2,1H3,(H,31,34)/t26-/m1/s1. The molecule has 0 radical (unpaired) electrons. The van der Waals surface area contributed by atoms with E-state index >= 15 is 0 Å². The van der Waals surface area contributed by atoms with Crippen LogP contribution in [0.2, 0.25) is 5.02 Å². The summed E-state index contributed by atoms with van der Waals surface area (Å²) in [7, 11) is 0. The molecule has 0 aromatic heterocycles. The largest absolute Gasteiger partial charge is 0.484 e. The van der Waals surface area contributed by atoms with Gasteiger partial charge in [-0.1, -0.05) is 83.3 Å². The van der Waals surface area contributed by atoms with Crippen molar-refractivity contribution in [3.63, 3.8) is 0 Å². The van der Waals surface area contributed by atoms with Gasteiger partial charge in [0.15, 0.2) is 6.61 Å². The van der Waals surface area contributed by atoms with Crippen molar-refractivity contribution in [2.24, 2.45) is 0 Å². The van der Waals surface area contributed by atoms with E-state index in [-0.39, 0.29) is 25.0 Å². The summed E-state index contributed by atoms with van der Waals surface area (Å²) in [5.74, 6) is 0.141. The lowest BCUT2D eigenvalue weighted by molar-refractivity contribution is -0.142. The molecule has 0 aliphatic carbocycles. The Kier molecular flexibility index (Phi) is 10.6. The minimum atomic E-state index is -0.689. The van der Waals surface area contributed by atoms with Crippen molar-refractivity contribution in [3.8, 4) is 5.75 Å². The zero-order valence-corrected chi connectivity index (χ0v) is 22.1. The molecular weight excluding hydrogens is 528 g/mol. The van der Waals surface area contributed by atoms with Crippen LogP contribution < -0.4 is 10.1 Å². The van der Waals surface area contributed by atoms with E-state index in [2.05, 4.69) is 28.2 Å². The number of hydrogen-bond acceptors (Lipinski definition) is 3. The third-order valence-corrected chi connectivity index (χ3v) is 6.32. The zero-order valence-electron chi connectivity index (χ0n) is 19.8. The molecule has 1 N–H and O–H groups in total. The molecule has 1 atom stereocenters. The molecule has 0 saturated heterocycles. The van der Waals surface area contributed by atoms with Crippen LogP contribution in [0.4, 0.5) is 0 Å². The molecule has 35 heavy (non-hydrogen) atoms. The summed E-state index contributed by atoms with van der Waals surface area (Å²) in [5, 5.41) is 3.63. The normalized spacial score (nSPS) is 11.5. The van der Waals surface area contributed by atoms with Crippen LogP contribution in [0.3, 0.4) is 0 Å². The van der Waals surface area contributed by atoms with Crippen molar-refractivity contribution in [3.05, 3.63) is 99.5 Å². The predicted molar refractivity (Wildman–Crippen MR) is 143 cm³/mol. The van der Waals surface area contributed by atoms with Crippen LogP contribution >= 0.6 is 27.5 Å². The summed E-state index contributed by atoms with van der Waals surface area (Å²) in [6.45, 7) is 2.73. The number of benzene rings is 3.